The van der Waals surface area contributed by atoms with Gasteiger partial charge in [0.05, 0.1) is 42.2 Å². The predicted octanol–water partition coefficient (Wildman–Crippen LogP) is 7.59. The maximum Gasteiger partial charge on any atom is 0.264 e. The Morgan fingerprint density at radius 1 is 0.821 bits per heavy atom. The topological polar surface area (TPSA) is 190 Å². The van der Waals surface area contributed by atoms with Crippen molar-refractivity contribution in [2.24, 2.45) is 0 Å². The quantitative estimate of drug-likeness (QED) is 0.0414. The normalized spacial score (nSPS) is 16.3. The third-order valence-electron chi connectivity index (χ3n) is 12.4. The van der Waals surface area contributed by atoms with Crippen molar-refractivity contribution in [1.29, 1.82) is 0 Å². The Morgan fingerprint density at radius 3 is 2.22 bits per heavy atom. The summed E-state index contributed by atoms with van der Waals surface area (Å²) in [5.74, 6) is -0.765. The summed E-state index contributed by atoms with van der Waals surface area (Å²) in [7, 11) is -2.10. The third-order valence-corrected chi connectivity index (χ3v) is 14.4. The number of hydrogen-bond donors (Lipinski definition) is 3. The lowest BCUT2D eigenvalue weighted by molar-refractivity contribution is -0.136. The number of rotatable bonds is 26. The smallest absolute Gasteiger partial charge is 0.264 e. The lowest BCUT2D eigenvalue weighted by atomic mass is 10.0. The largest absolute Gasteiger partial charge is 0.493 e. The number of thiophene rings is 1. The minimum Gasteiger partial charge on any atom is -0.493 e. The zero-order chi connectivity index (χ0) is 47.5. The molecule has 0 saturated carbocycles. The molecule has 15 nitrogen and oxygen atoms in total. The number of unbranched alkanes of at least 4 members (excludes halogenated alkanes) is 8. The first-order valence-corrected chi connectivity index (χ1v) is 26.2. The Balaban J connectivity index is 0.746. The van der Waals surface area contributed by atoms with Gasteiger partial charge in [-0.3, -0.25) is 34.2 Å². The van der Waals surface area contributed by atoms with Crippen LogP contribution in [0.1, 0.15) is 136 Å². The van der Waals surface area contributed by atoms with Crippen LogP contribution >= 0.6 is 11.3 Å². The molecule has 17 heteroatoms. The van der Waals surface area contributed by atoms with Crippen molar-refractivity contribution in [1.82, 2.24) is 20.4 Å². The number of amides is 5. The van der Waals surface area contributed by atoms with Crippen molar-refractivity contribution in [3.05, 3.63) is 104 Å². The van der Waals surface area contributed by atoms with Crippen LogP contribution in [0.5, 0.6) is 17.2 Å². The molecule has 3 aliphatic heterocycles. The molecular weight excluding hydrogens is 895 g/mol. The van der Waals surface area contributed by atoms with E-state index in [0.29, 0.717) is 61.0 Å². The van der Waals surface area contributed by atoms with Crippen LogP contribution in [-0.2, 0) is 39.1 Å². The standard InChI is InChI=1S/C50H61N5O10S2/c1-4-64-43-27-34(19-23-42(43)63-2)41(32-67(3,61)62)55-49(59)36-15-14-16-39(46(36)50(55)60)52-26-13-11-9-7-5-6-8-10-12-25-51-28-33-17-20-35(21-18-33)65-30-44-37-29-54(48(58)38(37)31-66-44)40-22-24-45(56)53-47(40)57/h14-21,23,27,31,40-41,51-52H,4-13,22,24-26,28-30,32H2,1-3H3,(H,53,56,57). The maximum absolute atomic E-state index is 14.0. The molecule has 1 aromatic heterocycles. The van der Waals surface area contributed by atoms with E-state index < -0.39 is 45.4 Å². The van der Waals surface area contributed by atoms with Crippen molar-refractivity contribution in [2.45, 2.75) is 109 Å². The number of hydrogen-bond acceptors (Lipinski definition) is 13. The van der Waals surface area contributed by atoms with E-state index in [1.807, 2.05) is 24.4 Å². The fraction of sp³-hybridized carbons (Fsp3) is 0.460. The van der Waals surface area contributed by atoms with Crippen LogP contribution in [0.4, 0.5) is 5.69 Å². The van der Waals surface area contributed by atoms with E-state index in [0.717, 1.165) is 72.5 Å². The number of benzene rings is 3. The molecule has 3 aliphatic rings. The highest BCUT2D eigenvalue weighted by Gasteiger charge is 2.44. The van der Waals surface area contributed by atoms with Crippen LogP contribution < -0.4 is 30.2 Å². The summed E-state index contributed by atoms with van der Waals surface area (Å²) in [5, 5.41) is 11.1. The summed E-state index contributed by atoms with van der Waals surface area (Å²) in [5.41, 5.74) is 4.22. The van der Waals surface area contributed by atoms with Crippen LogP contribution in [-0.4, -0.2) is 92.6 Å². The lowest BCUT2D eigenvalue weighted by Crippen LogP contribution is -2.52. The minimum absolute atomic E-state index is 0.172. The first kappa shape index (κ1) is 49.1. The molecule has 1 saturated heterocycles. The van der Waals surface area contributed by atoms with Crippen LogP contribution in [0.2, 0.25) is 0 Å². The summed E-state index contributed by atoms with van der Waals surface area (Å²) >= 11 is 1.49. The Labute approximate surface area is 396 Å². The molecule has 0 radical (unpaired) electrons. The van der Waals surface area contributed by atoms with Gasteiger partial charge in [0.1, 0.15) is 28.2 Å². The summed E-state index contributed by atoms with van der Waals surface area (Å²) < 4.78 is 42.4. The first-order valence-electron chi connectivity index (χ1n) is 23.3. The molecule has 0 bridgehead atoms. The average molecular weight is 956 g/mol. The molecule has 3 N–H and O–H groups in total. The molecule has 0 aliphatic carbocycles. The van der Waals surface area contributed by atoms with Gasteiger partial charge in [-0.25, -0.2) is 8.42 Å². The Hall–Kier alpha value is -5.78. The number of imide groups is 2. The monoisotopic (exact) mass is 955 g/mol. The molecule has 1 fully saturated rings. The zero-order valence-electron chi connectivity index (χ0n) is 38.5. The molecule has 358 valence electrons. The second-order valence-corrected chi connectivity index (χ2v) is 20.5. The predicted molar refractivity (Wildman–Crippen MR) is 256 cm³/mol. The van der Waals surface area contributed by atoms with Gasteiger partial charge in [-0.15, -0.1) is 11.3 Å². The molecule has 67 heavy (non-hydrogen) atoms. The van der Waals surface area contributed by atoms with E-state index >= 15 is 0 Å². The van der Waals surface area contributed by atoms with Gasteiger partial charge in [0.15, 0.2) is 11.5 Å². The first-order chi connectivity index (χ1) is 32.4. The fourth-order valence-electron chi connectivity index (χ4n) is 8.95. The summed E-state index contributed by atoms with van der Waals surface area (Å²) in [6.07, 6.45) is 11.8. The highest BCUT2D eigenvalue weighted by Crippen LogP contribution is 2.39. The van der Waals surface area contributed by atoms with Crippen molar-refractivity contribution in [2.75, 3.05) is 44.1 Å². The number of nitrogens with zero attached hydrogens (tertiary/aromatic N) is 2. The Morgan fingerprint density at radius 2 is 1.54 bits per heavy atom. The third kappa shape index (κ3) is 12.2. The number of methoxy groups -OCH3 is 1. The number of piperidine rings is 1. The maximum atomic E-state index is 14.0. The van der Waals surface area contributed by atoms with E-state index in [-0.39, 0.29) is 29.4 Å². The minimum atomic E-state index is -3.61. The molecule has 7 rings (SSSR count). The molecule has 0 spiro atoms. The number of fused-ring (bicyclic) bond motifs is 2. The van der Waals surface area contributed by atoms with Gasteiger partial charge in [-0.05, 0) is 80.3 Å². The number of carbonyl (C=O) groups is 5. The van der Waals surface area contributed by atoms with E-state index in [4.69, 9.17) is 14.2 Å². The van der Waals surface area contributed by atoms with Gasteiger partial charge in [-0.2, -0.15) is 0 Å². The number of anilines is 1. The van der Waals surface area contributed by atoms with E-state index in [1.54, 1.807) is 41.3 Å². The molecular formula is C50H61N5O10S2. The van der Waals surface area contributed by atoms with E-state index in [9.17, 15) is 32.4 Å². The zero-order valence-corrected chi connectivity index (χ0v) is 40.2. The van der Waals surface area contributed by atoms with Gasteiger partial charge in [0.25, 0.3) is 17.7 Å². The van der Waals surface area contributed by atoms with E-state index in [2.05, 4.69) is 28.1 Å². The van der Waals surface area contributed by atoms with Crippen LogP contribution in [0.25, 0.3) is 0 Å². The highest BCUT2D eigenvalue weighted by atomic mass is 32.2. The summed E-state index contributed by atoms with van der Waals surface area (Å²) in [6, 6.07) is 16.4. The number of sulfone groups is 1. The van der Waals surface area contributed by atoms with Gasteiger partial charge in [0.2, 0.25) is 11.8 Å². The molecule has 2 unspecified atom stereocenters. The Bertz CT molecular complexity index is 2540. The summed E-state index contributed by atoms with van der Waals surface area (Å²) in [6.45, 7) is 5.22. The van der Waals surface area contributed by atoms with Crippen molar-refractivity contribution >= 4 is 56.4 Å². The number of nitrogens with one attached hydrogen (secondary N) is 3. The number of ether oxygens (including phenoxy) is 3. The van der Waals surface area contributed by atoms with Crippen LogP contribution in [0, 0.1) is 0 Å². The SMILES string of the molecule is CCOc1cc(C(CS(C)(=O)=O)N2C(=O)c3cccc(NCCCCCCCCCCCNCc4ccc(OCc5scc6c5CN(C5CCC(=O)NC5=O)C6=O)cc4)c3C2=O)ccc1OC. The van der Waals surface area contributed by atoms with Gasteiger partial charge in [-0.1, -0.05) is 69.2 Å². The van der Waals surface area contributed by atoms with Gasteiger partial charge in [0, 0.05) is 53.8 Å². The van der Waals surface area contributed by atoms with Crippen molar-refractivity contribution in [3.63, 3.8) is 0 Å². The molecule has 4 aromatic rings. The molecule has 3 aromatic carbocycles. The average Bonchev–Trinajstić information content (AvgIpc) is 3.94. The van der Waals surface area contributed by atoms with Crippen molar-refractivity contribution < 1.29 is 46.6 Å². The lowest BCUT2D eigenvalue weighted by Gasteiger charge is -2.29. The number of carbonyl (C=O) groups excluding carboxylic acids is 5. The summed E-state index contributed by atoms with van der Waals surface area (Å²) in [4.78, 5) is 68.3. The van der Waals surface area contributed by atoms with Crippen LogP contribution in [0.3, 0.4) is 0 Å². The van der Waals surface area contributed by atoms with Crippen molar-refractivity contribution in [3.8, 4) is 17.2 Å². The molecule has 2 atom stereocenters. The van der Waals surface area contributed by atoms with Gasteiger partial charge >= 0.3 is 0 Å². The van der Waals surface area contributed by atoms with E-state index in [1.165, 1.54) is 49.7 Å². The molecule has 5 amide bonds. The highest BCUT2D eigenvalue weighted by molar-refractivity contribution is 7.90. The fourth-order valence-corrected chi connectivity index (χ4v) is 10.8. The second kappa shape index (κ2) is 22.8. The second-order valence-electron chi connectivity index (χ2n) is 17.3. The van der Waals surface area contributed by atoms with Crippen LogP contribution in [0.15, 0.2) is 66.0 Å². The molecule has 4 heterocycles. The van der Waals surface area contributed by atoms with Gasteiger partial charge < -0.3 is 29.7 Å². The Kier molecular flexibility index (Phi) is 16.7.